The maximum Gasteiger partial charge on any atom is 0.291 e. The molecular weight excluding hydrogens is 349 g/mol. The molecule has 6 nitrogen and oxygen atoms in total. The fourth-order valence-electron chi connectivity index (χ4n) is 3.46. The first-order valence-corrected chi connectivity index (χ1v) is 8.98. The number of amides is 1. The van der Waals surface area contributed by atoms with Crippen LogP contribution in [0.1, 0.15) is 52.2 Å². The van der Waals surface area contributed by atoms with Gasteiger partial charge >= 0.3 is 0 Å². The van der Waals surface area contributed by atoms with E-state index >= 15 is 0 Å². The SMILES string of the molecule is Cc1ncoc1C(=O)N1CCCC(c2ncc(Cc3cccc(F)c3)o2)C1. The number of aryl methyl sites for hydroxylation is 1. The summed E-state index contributed by atoms with van der Waals surface area (Å²) in [6.07, 6.45) is 5.22. The van der Waals surface area contributed by atoms with E-state index in [1.807, 2.05) is 6.07 Å². The monoisotopic (exact) mass is 369 g/mol. The molecule has 0 saturated carbocycles. The number of oxazole rings is 2. The minimum Gasteiger partial charge on any atom is -0.445 e. The second-order valence-corrected chi connectivity index (χ2v) is 6.83. The number of hydrogen-bond donors (Lipinski definition) is 0. The average molecular weight is 369 g/mol. The number of aromatic nitrogens is 2. The highest BCUT2D eigenvalue weighted by atomic mass is 19.1. The van der Waals surface area contributed by atoms with Crippen LogP contribution in [0.4, 0.5) is 4.39 Å². The molecular formula is C20H20FN3O3. The van der Waals surface area contributed by atoms with Crippen molar-refractivity contribution >= 4 is 5.91 Å². The van der Waals surface area contributed by atoms with Gasteiger partial charge in [-0.1, -0.05) is 12.1 Å². The Hall–Kier alpha value is -2.96. The van der Waals surface area contributed by atoms with Gasteiger partial charge < -0.3 is 13.7 Å². The largest absolute Gasteiger partial charge is 0.445 e. The number of benzene rings is 1. The molecule has 3 heterocycles. The highest BCUT2D eigenvalue weighted by Gasteiger charge is 2.30. The van der Waals surface area contributed by atoms with E-state index in [-0.39, 0.29) is 23.4 Å². The zero-order valence-electron chi connectivity index (χ0n) is 15.0. The Bertz CT molecular complexity index is 949. The van der Waals surface area contributed by atoms with Crippen molar-refractivity contribution in [3.63, 3.8) is 0 Å². The Morgan fingerprint density at radius 2 is 2.26 bits per heavy atom. The number of likely N-dealkylation sites (tertiary alicyclic amines) is 1. The molecule has 3 aromatic rings. The molecule has 27 heavy (non-hydrogen) atoms. The standard InChI is InChI=1S/C20H20FN3O3/c1-13-18(26-12-23-13)20(25)24-7-3-5-15(11-24)19-22-10-17(27-19)9-14-4-2-6-16(21)8-14/h2,4,6,8,10,12,15H,3,5,7,9,11H2,1H3. The van der Waals surface area contributed by atoms with Crippen molar-refractivity contribution in [2.75, 3.05) is 13.1 Å². The van der Waals surface area contributed by atoms with Gasteiger partial charge in [0.05, 0.1) is 17.8 Å². The van der Waals surface area contributed by atoms with Gasteiger partial charge in [0.1, 0.15) is 11.6 Å². The highest BCUT2D eigenvalue weighted by molar-refractivity contribution is 5.92. The van der Waals surface area contributed by atoms with Crippen LogP contribution in [-0.2, 0) is 6.42 Å². The van der Waals surface area contributed by atoms with Crippen LogP contribution in [0.3, 0.4) is 0 Å². The fraction of sp³-hybridized carbons (Fsp3) is 0.350. The summed E-state index contributed by atoms with van der Waals surface area (Å²) in [7, 11) is 0. The van der Waals surface area contributed by atoms with Crippen LogP contribution < -0.4 is 0 Å². The first-order valence-electron chi connectivity index (χ1n) is 8.98. The van der Waals surface area contributed by atoms with Gasteiger partial charge in [-0.3, -0.25) is 4.79 Å². The summed E-state index contributed by atoms with van der Waals surface area (Å²) in [5.74, 6) is 1.21. The number of rotatable bonds is 4. The second kappa shape index (κ2) is 7.34. The van der Waals surface area contributed by atoms with Crippen molar-refractivity contribution in [3.05, 3.63) is 71.3 Å². The molecule has 0 spiro atoms. The van der Waals surface area contributed by atoms with Gasteiger partial charge in [-0.05, 0) is 37.5 Å². The third-order valence-corrected chi connectivity index (χ3v) is 4.84. The highest BCUT2D eigenvalue weighted by Crippen LogP contribution is 2.28. The smallest absolute Gasteiger partial charge is 0.291 e. The predicted molar refractivity (Wildman–Crippen MR) is 94.8 cm³/mol. The fourth-order valence-corrected chi connectivity index (χ4v) is 3.46. The summed E-state index contributed by atoms with van der Waals surface area (Å²) in [5, 5.41) is 0. The lowest BCUT2D eigenvalue weighted by Crippen LogP contribution is -2.39. The van der Waals surface area contributed by atoms with Crippen molar-refractivity contribution < 1.29 is 18.0 Å². The second-order valence-electron chi connectivity index (χ2n) is 6.83. The topological polar surface area (TPSA) is 72.4 Å². The van der Waals surface area contributed by atoms with Gasteiger partial charge in [-0.15, -0.1) is 0 Å². The van der Waals surface area contributed by atoms with E-state index in [1.165, 1.54) is 18.5 Å². The lowest BCUT2D eigenvalue weighted by Gasteiger charge is -2.30. The number of nitrogens with zero attached hydrogens (tertiary/aromatic N) is 3. The molecule has 4 rings (SSSR count). The van der Waals surface area contributed by atoms with E-state index in [0.29, 0.717) is 36.9 Å². The van der Waals surface area contributed by atoms with Crippen molar-refractivity contribution in [3.8, 4) is 0 Å². The molecule has 7 heteroatoms. The van der Waals surface area contributed by atoms with Gasteiger partial charge in [0.2, 0.25) is 5.76 Å². The Morgan fingerprint density at radius 1 is 1.37 bits per heavy atom. The maximum atomic E-state index is 13.3. The van der Waals surface area contributed by atoms with Gasteiger partial charge in [-0.2, -0.15) is 0 Å². The minimum absolute atomic E-state index is 0.0344. The van der Waals surface area contributed by atoms with Crippen LogP contribution in [0.15, 0.2) is 45.7 Å². The normalized spacial score (nSPS) is 17.3. The molecule has 1 saturated heterocycles. The number of piperidine rings is 1. The summed E-state index contributed by atoms with van der Waals surface area (Å²) in [4.78, 5) is 22.8. The summed E-state index contributed by atoms with van der Waals surface area (Å²) in [5.41, 5.74) is 1.43. The van der Waals surface area contributed by atoms with E-state index < -0.39 is 0 Å². The van der Waals surface area contributed by atoms with Crippen LogP contribution >= 0.6 is 0 Å². The average Bonchev–Trinajstić information content (AvgIpc) is 3.30. The number of halogens is 1. The van der Waals surface area contributed by atoms with Gasteiger partial charge in [0.25, 0.3) is 5.91 Å². The van der Waals surface area contributed by atoms with Crippen molar-refractivity contribution in [1.29, 1.82) is 0 Å². The summed E-state index contributed by atoms with van der Waals surface area (Å²) >= 11 is 0. The molecule has 0 N–H and O–H groups in total. The van der Waals surface area contributed by atoms with E-state index in [0.717, 1.165) is 18.4 Å². The van der Waals surface area contributed by atoms with E-state index in [1.54, 1.807) is 24.1 Å². The van der Waals surface area contributed by atoms with E-state index in [4.69, 9.17) is 8.83 Å². The van der Waals surface area contributed by atoms with E-state index in [9.17, 15) is 9.18 Å². The lowest BCUT2D eigenvalue weighted by molar-refractivity contribution is 0.0664. The first kappa shape index (κ1) is 17.5. The van der Waals surface area contributed by atoms with Crippen LogP contribution in [0.5, 0.6) is 0 Å². The molecule has 140 valence electrons. The van der Waals surface area contributed by atoms with Crippen molar-refractivity contribution in [2.24, 2.45) is 0 Å². The molecule has 1 aromatic carbocycles. The summed E-state index contributed by atoms with van der Waals surface area (Å²) in [6, 6.07) is 6.44. The molecule has 0 radical (unpaired) electrons. The Balaban J connectivity index is 1.45. The molecule has 1 atom stereocenters. The maximum absolute atomic E-state index is 13.3. The number of carbonyl (C=O) groups excluding carboxylic acids is 1. The summed E-state index contributed by atoms with van der Waals surface area (Å²) < 4.78 is 24.5. The molecule has 1 aliphatic heterocycles. The number of hydrogen-bond acceptors (Lipinski definition) is 5. The Labute approximate surface area is 156 Å². The van der Waals surface area contributed by atoms with Crippen LogP contribution in [-0.4, -0.2) is 33.9 Å². The lowest BCUT2D eigenvalue weighted by atomic mass is 9.97. The van der Waals surface area contributed by atoms with Crippen molar-refractivity contribution in [2.45, 2.75) is 32.1 Å². The minimum atomic E-state index is -0.267. The third kappa shape index (κ3) is 3.77. The molecule has 0 aliphatic carbocycles. The van der Waals surface area contributed by atoms with Gasteiger partial charge in [0.15, 0.2) is 12.3 Å². The van der Waals surface area contributed by atoms with Crippen molar-refractivity contribution in [1.82, 2.24) is 14.9 Å². The molecule has 1 unspecified atom stereocenters. The van der Waals surface area contributed by atoms with Crippen LogP contribution in [0.2, 0.25) is 0 Å². The van der Waals surface area contributed by atoms with Crippen LogP contribution in [0.25, 0.3) is 0 Å². The molecule has 2 aromatic heterocycles. The van der Waals surface area contributed by atoms with E-state index in [2.05, 4.69) is 9.97 Å². The molecule has 1 amide bonds. The van der Waals surface area contributed by atoms with Gasteiger partial charge in [0, 0.05) is 19.5 Å². The predicted octanol–water partition coefficient (Wildman–Crippen LogP) is 3.72. The molecule has 1 fully saturated rings. The summed E-state index contributed by atoms with van der Waals surface area (Å²) in [6.45, 7) is 2.95. The Morgan fingerprint density at radius 3 is 3.04 bits per heavy atom. The van der Waals surface area contributed by atoms with Crippen LogP contribution in [0, 0.1) is 12.7 Å². The zero-order chi connectivity index (χ0) is 18.8. The quantitative estimate of drug-likeness (QED) is 0.701. The van der Waals surface area contributed by atoms with Gasteiger partial charge in [-0.25, -0.2) is 14.4 Å². The Kier molecular flexibility index (Phi) is 4.75. The third-order valence-electron chi connectivity index (χ3n) is 4.84. The molecule has 0 bridgehead atoms. The number of carbonyl (C=O) groups is 1. The first-order chi connectivity index (χ1) is 13.1. The molecule has 1 aliphatic rings. The zero-order valence-corrected chi connectivity index (χ0v) is 15.0.